The Balaban J connectivity index is 2.50. The van der Waals surface area contributed by atoms with E-state index in [1.165, 1.54) is 6.08 Å². The smallest absolute Gasteiger partial charge is 0.331 e. The number of ether oxygens (including phenoxy) is 2. The fourth-order valence-corrected chi connectivity index (χ4v) is 2.37. The molecular formula is C18H16Cl2O3. The van der Waals surface area contributed by atoms with Gasteiger partial charge in [-0.05, 0) is 47.9 Å². The molecule has 0 aliphatic rings. The Hall–Kier alpha value is -1.97. The van der Waals surface area contributed by atoms with Crippen LogP contribution >= 0.6 is 23.2 Å². The standard InChI is InChI=1S/C18H16Cl2O3/c1-3-23-18(21)11-15(12-4-7-14(22-2)8-5-12)13-6-9-16(19)17(20)10-13/h4-11H,3H2,1-2H3/b15-11+. The Morgan fingerprint density at radius 1 is 1.04 bits per heavy atom. The van der Waals surface area contributed by atoms with Crippen molar-refractivity contribution in [1.29, 1.82) is 0 Å². The average Bonchev–Trinajstić information content (AvgIpc) is 2.56. The average molecular weight is 351 g/mol. The van der Waals surface area contributed by atoms with E-state index in [1.807, 2.05) is 30.3 Å². The largest absolute Gasteiger partial charge is 0.497 e. The number of halogens is 2. The van der Waals surface area contributed by atoms with E-state index in [9.17, 15) is 4.79 Å². The first-order valence-electron chi connectivity index (χ1n) is 7.03. The zero-order valence-electron chi connectivity index (χ0n) is 12.8. The van der Waals surface area contributed by atoms with Crippen molar-refractivity contribution in [2.45, 2.75) is 6.92 Å². The van der Waals surface area contributed by atoms with Gasteiger partial charge in [0.05, 0.1) is 23.8 Å². The molecule has 0 N–H and O–H groups in total. The summed E-state index contributed by atoms with van der Waals surface area (Å²) in [4.78, 5) is 11.9. The summed E-state index contributed by atoms with van der Waals surface area (Å²) in [6.07, 6.45) is 1.45. The van der Waals surface area contributed by atoms with Gasteiger partial charge in [-0.2, -0.15) is 0 Å². The molecule has 0 heterocycles. The second kappa shape index (κ2) is 8.04. The van der Waals surface area contributed by atoms with Gasteiger partial charge in [0.1, 0.15) is 5.75 Å². The number of esters is 1. The summed E-state index contributed by atoms with van der Waals surface area (Å²) >= 11 is 12.1. The molecule has 3 nitrogen and oxygen atoms in total. The first-order valence-corrected chi connectivity index (χ1v) is 7.79. The van der Waals surface area contributed by atoms with Crippen molar-refractivity contribution in [3.8, 4) is 5.75 Å². The van der Waals surface area contributed by atoms with Crippen molar-refractivity contribution in [1.82, 2.24) is 0 Å². The Bertz CT molecular complexity index is 722. The van der Waals surface area contributed by atoms with Crippen LogP contribution in [0.2, 0.25) is 10.0 Å². The van der Waals surface area contributed by atoms with Crippen LogP contribution in [-0.4, -0.2) is 19.7 Å². The molecule has 0 bridgehead atoms. The molecule has 0 unspecified atom stereocenters. The number of carbonyl (C=O) groups excluding carboxylic acids is 1. The van der Waals surface area contributed by atoms with Gasteiger partial charge in [0.15, 0.2) is 0 Å². The SMILES string of the molecule is CCOC(=O)/C=C(\c1ccc(OC)cc1)c1ccc(Cl)c(Cl)c1. The molecule has 0 aliphatic heterocycles. The molecule has 2 rings (SSSR count). The molecule has 2 aromatic rings. The highest BCUT2D eigenvalue weighted by Crippen LogP contribution is 2.30. The number of hydrogen-bond acceptors (Lipinski definition) is 3. The summed E-state index contributed by atoms with van der Waals surface area (Å²) in [6.45, 7) is 2.07. The molecule has 23 heavy (non-hydrogen) atoms. The van der Waals surface area contributed by atoms with E-state index in [1.54, 1.807) is 26.2 Å². The third-order valence-electron chi connectivity index (χ3n) is 3.18. The maximum atomic E-state index is 11.9. The van der Waals surface area contributed by atoms with Crippen molar-refractivity contribution in [2.75, 3.05) is 13.7 Å². The predicted molar refractivity (Wildman–Crippen MR) is 93.2 cm³/mol. The first-order chi connectivity index (χ1) is 11.0. The van der Waals surface area contributed by atoms with Gasteiger partial charge >= 0.3 is 5.97 Å². The molecule has 0 saturated carbocycles. The van der Waals surface area contributed by atoms with E-state index in [0.717, 1.165) is 16.9 Å². The third-order valence-corrected chi connectivity index (χ3v) is 3.92. The van der Waals surface area contributed by atoms with Crippen LogP contribution in [0.15, 0.2) is 48.5 Å². The van der Waals surface area contributed by atoms with E-state index in [2.05, 4.69) is 0 Å². The minimum Gasteiger partial charge on any atom is -0.497 e. The monoisotopic (exact) mass is 350 g/mol. The molecule has 2 aromatic carbocycles. The highest BCUT2D eigenvalue weighted by atomic mass is 35.5. The molecule has 5 heteroatoms. The van der Waals surface area contributed by atoms with Gasteiger partial charge < -0.3 is 9.47 Å². The Morgan fingerprint density at radius 2 is 1.70 bits per heavy atom. The normalized spacial score (nSPS) is 11.2. The number of carbonyl (C=O) groups is 1. The van der Waals surface area contributed by atoms with Crippen molar-refractivity contribution < 1.29 is 14.3 Å². The summed E-state index contributed by atoms with van der Waals surface area (Å²) in [5.74, 6) is 0.322. The minimum atomic E-state index is -0.413. The molecular weight excluding hydrogens is 335 g/mol. The minimum absolute atomic E-state index is 0.312. The van der Waals surface area contributed by atoms with Crippen LogP contribution in [-0.2, 0) is 9.53 Å². The molecule has 0 radical (unpaired) electrons. The number of benzene rings is 2. The van der Waals surface area contributed by atoms with Crippen LogP contribution in [0.5, 0.6) is 5.75 Å². The zero-order valence-corrected chi connectivity index (χ0v) is 14.3. The topological polar surface area (TPSA) is 35.5 Å². The van der Waals surface area contributed by atoms with E-state index in [-0.39, 0.29) is 0 Å². The number of rotatable bonds is 5. The first kappa shape index (κ1) is 17.4. The Labute approximate surface area is 145 Å². The van der Waals surface area contributed by atoms with Crippen LogP contribution in [0.4, 0.5) is 0 Å². The summed E-state index contributed by atoms with van der Waals surface area (Å²) in [5, 5.41) is 0.882. The van der Waals surface area contributed by atoms with Crippen molar-refractivity contribution in [3.63, 3.8) is 0 Å². The lowest BCUT2D eigenvalue weighted by atomic mass is 9.97. The molecule has 0 fully saturated rings. The van der Waals surface area contributed by atoms with Gasteiger partial charge in [0.25, 0.3) is 0 Å². The van der Waals surface area contributed by atoms with Crippen LogP contribution in [0.3, 0.4) is 0 Å². The summed E-state index contributed by atoms with van der Waals surface area (Å²) < 4.78 is 10.2. The van der Waals surface area contributed by atoms with E-state index in [4.69, 9.17) is 32.7 Å². The van der Waals surface area contributed by atoms with E-state index in [0.29, 0.717) is 22.2 Å². The highest BCUT2D eigenvalue weighted by Gasteiger charge is 2.11. The maximum absolute atomic E-state index is 11.9. The third kappa shape index (κ3) is 4.50. The summed E-state index contributed by atoms with van der Waals surface area (Å²) in [7, 11) is 1.60. The summed E-state index contributed by atoms with van der Waals surface area (Å²) in [5.41, 5.74) is 2.32. The second-order valence-electron chi connectivity index (χ2n) is 4.67. The van der Waals surface area contributed by atoms with Gasteiger partial charge in [-0.15, -0.1) is 0 Å². The number of hydrogen-bond donors (Lipinski definition) is 0. The van der Waals surface area contributed by atoms with Crippen LogP contribution in [0, 0.1) is 0 Å². The van der Waals surface area contributed by atoms with Crippen molar-refractivity contribution in [2.24, 2.45) is 0 Å². The molecule has 0 saturated heterocycles. The maximum Gasteiger partial charge on any atom is 0.331 e. The molecule has 0 aromatic heterocycles. The lowest BCUT2D eigenvalue weighted by molar-refractivity contribution is -0.137. The van der Waals surface area contributed by atoms with Gasteiger partial charge in [-0.1, -0.05) is 41.4 Å². The molecule has 120 valence electrons. The fraction of sp³-hybridized carbons (Fsp3) is 0.167. The molecule has 0 aliphatic carbocycles. The van der Waals surface area contributed by atoms with Crippen LogP contribution < -0.4 is 4.74 Å². The quantitative estimate of drug-likeness (QED) is 0.562. The molecule has 0 spiro atoms. The predicted octanol–water partition coefficient (Wildman–Crippen LogP) is 5.00. The number of methoxy groups -OCH3 is 1. The lowest BCUT2D eigenvalue weighted by Gasteiger charge is -2.10. The van der Waals surface area contributed by atoms with Gasteiger partial charge in [-0.25, -0.2) is 4.79 Å². The Kier molecular flexibility index (Phi) is 6.08. The molecule has 0 atom stereocenters. The zero-order chi connectivity index (χ0) is 16.8. The lowest BCUT2D eigenvalue weighted by Crippen LogP contribution is -2.02. The van der Waals surface area contributed by atoms with Crippen LogP contribution in [0.1, 0.15) is 18.1 Å². The summed E-state index contributed by atoms with van der Waals surface area (Å²) in [6, 6.07) is 12.6. The van der Waals surface area contributed by atoms with Gasteiger partial charge in [-0.3, -0.25) is 0 Å². The van der Waals surface area contributed by atoms with Gasteiger partial charge in [0.2, 0.25) is 0 Å². The van der Waals surface area contributed by atoms with Gasteiger partial charge in [0, 0.05) is 6.08 Å². The van der Waals surface area contributed by atoms with E-state index < -0.39 is 5.97 Å². The molecule has 0 amide bonds. The Morgan fingerprint density at radius 3 is 2.26 bits per heavy atom. The highest BCUT2D eigenvalue weighted by molar-refractivity contribution is 6.42. The van der Waals surface area contributed by atoms with Crippen molar-refractivity contribution >= 4 is 34.7 Å². The van der Waals surface area contributed by atoms with E-state index >= 15 is 0 Å². The van der Waals surface area contributed by atoms with Crippen LogP contribution in [0.25, 0.3) is 5.57 Å². The fourth-order valence-electron chi connectivity index (χ4n) is 2.07. The second-order valence-corrected chi connectivity index (χ2v) is 5.48. The van der Waals surface area contributed by atoms with Crippen molar-refractivity contribution in [3.05, 3.63) is 69.7 Å².